The zero-order chi connectivity index (χ0) is 11.3. The van der Waals surface area contributed by atoms with E-state index in [0.717, 1.165) is 13.1 Å². The van der Waals surface area contributed by atoms with Crippen molar-refractivity contribution in [3.63, 3.8) is 0 Å². The van der Waals surface area contributed by atoms with E-state index in [2.05, 4.69) is 19.2 Å². The van der Waals surface area contributed by atoms with Crippen LogP contribution in [-0.4, -0.2) is 51.2 Å². The molecule has 4 nitrogen and oxygen atoms in total. The molecule has 0 radical (unpaired) electrons. The lowest BCUT2D eigenvalue weighted by molar-refractivity contribution is -0.125. The maximum absolute atomic E-state index is 5.86. The molecule has 0 aromatic rings. The summed E-state index contributed by atoms with van der Waals surface area (Å²) in [7, 11) is 1.69. The monoisotopic (exact) mass is 217 g/mol. The standard InChI is InChI=1S/C11H23NO3/c1-9(13-4)6-14-7-10-5-12-8-11(2,3)15-10/h9-10,12H,5-8H2,1-4H3. The zero-order valence-corrected chi connectivity index (χ0v) is 10.2. The Balaban J connectivity index is 2.16. The van der Waals surface area contributed by atoms with E-state index in [0.29, 0.717) is 13.2 Å². The molecule has 1 rings (SSSR count). The molecule has 0 amide bonds. The van der Waals surface area contributed by atoms with Crippen LogP contribution in [0.1, 0.15) is 20.8 Å². The average molecular weight is 217 g/mol. The van der Waals surface area contributed by atoms with Gasteiger partial charge in [0.1, 0.15) is 0 Å². The van der Waals surface area contributed by atoms with Gasteiger partial charge in [-0.3, -0.25) is 0 Å². The SMILES string of the molecule is COC(C)COCC1CNCC(C)(C)O1. The van der Waals surface area contributed by atoms with Crippen molar-refractivity contribution in [2.24, 2.45) is 0 Å². The van der Waals surface area contributed by atoms with Crippen molar-refractivity contribution in [1.82, 2.24) is 5.32 Å². The van der Waals surface area contributed by atoms with Crippen LogP contribution in [0.5, 0.6) is 0 Å². The highest BCUT2D eigenvalue weighted by molar-refractivity contribution is 4.81. The van der Waals surface area contributed by atoms with Crippen LogP contribution in [0.4, 0.5) is 0 Å². The summed E-state index contributed by atoms with van der Waals surface area (Å²) in [6.45, 7) is 9.18. The molecular formula is C11H23NO3. The third kappa shape index (κ3) is 4.93. The fourth-order valence-electron chi connectivity index (χ4n) is 1.60. The van der Waals surface area contributed by atoms with E-state index in [1.54, 1.807) is 7.11 Å². The van der Waals surface area contributed by atoms with E-state index in [1.165, 1.54) is 0 Å². The van der Waals surface area contributed by atoms with Crippen LogP contribution in [0.3, 0.4) is 0 Å². The summed E-state index contributed by atoms with van der Waals surface area (Å²) in [4.78, 5) is 0. The summed E-state index contributed by atoms with van der Waals surface area (Å²) in [6, 6.07) is 0. The van der Waals surface area contributed by atoms with Crippen molar-refractivity contribution in [3.8, 4) is 0 Å². The first-order valence-electron chi connectivity index (χ1n) is 5.52. The molecule has 0 spiro atoms. The van der Waals surface area contributed by atoms with Crippen molar-refractivity contribution < 1.29 is 14.2 Å². The third-order valence-corrected chi connectivity index (χ3v) is 2.47. The summed E-state index contributed by atoms with van der Waals surface area (Å²) in [5.74, 6) is 0. The number of rotatable bonds is 5. The highest BCUT2D eigenvalue weighted by Crippen LogP contribution is 2.15. The summed E-state index contributed by atoms with van der Waals surface area (Å²) in [5, 5.41) is 3.34. The predicted molar refractivity (Wildman–Crippen MR) is 59.1 cm³/mol. The minimum Gasteiger partial charge on any atom is -0.379 e. The molecular weight excluding hydrogens is 194 g/mol. The minimum absolute atomic E-state index is 0.0842. The van der Waals surface area contributed by atoms with Crippen molar-refractivity contribution >= 4 is 0 Å². The van der Waals surface area contributed by atoms with E-state index in [9.17, 15) is 0 Å². The maximum atomic E-state index is 5.86. The van der Waals surface area contributed by atoms with Crippen LogP contribution >= 0.6 is 0 Å². The number of morpholine rings is 1. The van der Waals surface area contributed by atoms with Gasteiger partial charge < -0.3 is 19.5 Å². The average Bonchev–Trinajstić information content (AvgIpc) is 2.16. The van der Waals surface area contributed by atoms with Crippen LogP contribution in [-0.2, 0) is 14.2 Å². The molecule has 2 atom stereocenters. The number of nitrogens with one attached hydrogen (secondary N) is 1. The van der Waals surface area contributed by atoms with Crippen LogP contribution in [0.25, 0.3) is 0 Å². The van der Waals surface area contributed by atoms with E-state index in [1.807, 2.05) is 6.92 Å². The molecule has 90 valence electrons. The summed E-state index contributed by atoms with van der Waals surface area (Å²) >= 11 is 0. The molecule has 0 saturated carbocycles. The van der Waals surface area contributed by atoms with Crippen molar-refractivity contribution in [3.05, 3.63) is 0 Å². The van der Waals surface area contributed by atoms with Gasteiger partial charge in [-0.15, -0.1) is 0 Å². The lowest BCUT2D eigenvalue weighted by atomic mass is 10.1. The first-order chi connectivity index (χ1) is 7.03. The van der Waals surface area contributed by atoms with E-state index in [4.69, 9.17) is 14.2 Å². The Hall–Kier alpha value is -0.160. The van der Waals surface area contributed by atoms with E-state index < -0.39 is 0 Å². The summed E-state index contributed by atoms with van der Waals surface area (Å²) in [6.07, 6.45) is 0.298. The molecule has 1 saturated heterocycles. The molecule has 1 N–H and O–H groups in total. The van der Waals surface area contributed by atoms with Crippen molar-refractivity contribution in [1.29, 1.82) is 0 Å². The second kappa shape index (κ2) is 5.80. The van der Waals surface area contributed by atoms with Gasteiger partial charge in [-0.2, -0.15) is 0 Å². The van der Waals surface area contributed by atoms with Crippen molar-refractivity contribution in [2.75, 3.05) is 33.4 Å². The molecule has 4 heteroatoms. The Bertz CT molecular complexity index is 185. The molecule has 1 aliphatic rings. The molecule has 0 bridgehead atoms. The fourth-order valence-corrected chi connectivity index (χ4v) is 1.60. The summed E-state index contributed by atoms with van der Waals surface area (Å²) in [5.41, 5.74) is -0.0842. The van der Waals surface area contributed by atoms with Crippen LogP contribution in [0.15, 0.2) is 0 Å². The fraction of sp³-hybridized carbons (Fsp3) is 1.00. The Kier molecular flexibility index (Phi) is 4.99. The van der Waals surface area contributed by atoms with Gasteiger partial charge in [-0.1, -0.05) is 0 Å². The van der Waals surface area contributed by atoms with Gasteiger partial charge in [-0.05, 0) is 20.8 Å². The number of hydrogen-bond donors (Lipinski definition) is 1. The predicted octanol–water partition coefficient (Wildman–Crippen LogP) is 0.805. The maximum Gasteiger partial charge on any atom is 0.0940 e. The van der Waals surface area contributed by atoms with Gasteiger partial charge in [0.15, 0.2) is 0 Å². The third-order valence-electron chi connectivity index (χ3n) is 2.47. The van der Waals surface area contributed by atoms with Gasteiger partial charge in [0.2, 0.25) is 0 Å². The second-order valence-electron chi connectivity index (χ2n) is 4.71. The van der Waals surface area contributed by atoms with Gasteiger partial charge in [0.25, 0.3) is 0 Å². The van der Waals surface area contributed by atoms with Gasteiger partial charge in [0.05, 0.1) is 31.0 Å². The lowest BCUT2D eigenvalue weighted by Gasteiger charge is -2.36. The zero-order valence-electron chi connectivity index (χ0n) is 10.2. The number of hydrogen-bond acceptors (Lipinski definition) is 4. The van der Waals surface area contributed by atoms with Crippen molar-refractivity contribution in [2.45, 2.75) is 38.6 Å². The van der Waals surface area contributed by atoms with Gasteiger partial charge in [0, 0.05) is 20.2 Å². The van der Waals surface area contributed by atoms with Crippen LogP contribution in [0, 0.1) is 0 Å². The molecule has 0 aromatic carbocycles. The molecule has 0 aliphatic carbocycles. The largest absolute Gasteiger partial charge is 0.379 e. The molecule has 2 unspecified atom stereocenters. The quantitative estimate of drug-likeness (QED) is 0.739. The lowest BCUT2D eigenvalue weighted by Crippen LogP contribution is -2.52. The minimum atomic E-state index is -0.0842. The van der Waals surface area contributed by atoms with Crippen LogP contribution in [0.2, 0.25) is 0 Å². The van der Waals surface area contributed by atoms with Gasteiger partial charge in [-0.25, -0.2) is 0 Å². The highest BCUT2D eigenvalue weighted by Gasteiger charge is 2.28. The Morgan fingerprint density at radius 2 is 2.27 bits per heavy atom. The van der Waals surface area contributed by atoms with Gasteiger partial charge >= 0.3 is 0 Å². The molecule has 1 heterocycles. The topological polar surface area (TPSA) is 39.7 Å². The Labute approximate surface area is 92.3 Å². The molecule has 1 fully saturated rings. The number of ether oxygens (including phenoxy) is 3. The summed E-state index contributed by atoms with van der Waals surface area (Å²) < 4.78 is 16.5. The molecule has 0 aromatic heterocycles. The van der Waals surface area contributed by atoms with E-state index >= 15 is 0 Å². The smallest absolute Gasteiger partial charge is 0.0940 e. The Morgan fingerprint density at radius 3 is 2.87 bits per heavy atom. The van der Waals surface area contributed by atoms with E-state index in [-0.39, 0.29) is 17.8 Å². The highest BCUT2D eigenvalue weighted by atomic mass is 16.6. The first-order valence-corrected chi connectivity index (χ1v) is 5.52. The molecule has 15 heavy (non-hydrogen) atoms. The normalized spacial score (nSPS) is 27.6. The van der Waals surface area contributed by atoms with Crippen LogP contribution < -0.4 is 5.32 Å². The second-order valence-corrected chi connectivity index (χ2v) is 4.71. The molecule has 1 aliphatic heterocycles. The number of methoxy groups -OCH3 is 1. The first kappa shape index (κ1) is 12.9. The Morgan fingerprint density at radius 1 is 1.53 bits per heavy atom.